The van der Waals surface area contributed by atoms with E-state index < -0.39 is 0 Å². The second-order valence-electron chi connectivity index (χ2n) is 8.12. The number of para-hydroxylation sites is 2. The highest BCUT2D eigenvalue weighted by atomic mass is 15.4. The third-order valence-corrected chi connectivity index (χ3v) is 6.16. The van der Waals surface area contributed by atoms with Crippen LogP contribution in [-0.4, -0.2) is 22.2 Å². The predicted molar refractivity (Wildman–Crippen MR) is 119 cm³/mol. The topological polar surface area (TPSA) is 11.4 Å². The van der Waals surface area contributed by atoms with Gasteiger partial charge in [0.15, 0.2) is 0 Å². The molecule has 1 aliphatic rings. The zero-order chi connectivity index (χ0) is 19.5. The summed E-state index contributed by atoms with van der Waals surface area (Å²) in [4.78, 5) is 4.63. The summed E-state index contributed by atoms with van der Waals surface area (Å²) in [5.41, 5.74) is 6.14. The summed E-state index contributed by atoms with van der Waals surface area (Å²) >= 11 is 0. The Balaban J connectivity index is 1.83. The van der Waals surface area contributed by atoms with E-state index in [4.69, 9.17) is 0 Å². The number of aromatic nitrogens is 1. The highest BCUT2D eigenvalue weighted by molar-refractivity contribution is 6.10. The molecule has 0 fully saturated rings. The van der Waals surface area contributed by atoms with Crippen LogP contribution in [0, 0.1) is 6.92 Å². The van der Waals surface area contributed by atoms with Crippen LogP contribution in [-0.2, 0) is 0 Å². The number of hydrogen-bond donors (Lipinski definition) is 0. The normalized spacial score (nSPS) is 15.9. The molecule has 0 N–H and O–H groups in total. The smallest absolute Gasteiger partial charge is 0.110 e. The quantitative estimate of drug-likeness (QED) is 0.427. The van der Waals surface area contributed by atoms with Gasteiger partial charge in [-0.25, -0.2) is 0 Å². The van der Waals surface area contributed by atoms with Crippen LogP contribution in [0.5, 0.6) is 0 Å². The number of hydrogen-bond acceptors (Lipinski definition) is 2. The minimum Gasteiger partial charge on any atom is -0.357 e. The molecule has 0 spiro atoms. The molecule has 0 saturated heterocycles. The van der Waals surface area contributed by atoms with Gasteiger partial charge in [0, 0.05) is 41.6 Å². The van der Waals surface area contributed by atoms with Crippen molar-refractivity contribution in [1.29, 1.82) is 0 Å². The molecule has 1 aromatic heterocycles. The summed E-state index contributed by atoms with van der Waals surface area (Å²) in [5, 5.41) is 2.58. The van der Waals surface area contributed by atoms with Gasteiger partial charge < -0.3 is 14.4 Å². The first-order valence-electron chi connectivity index (χ1n) is 9.78. The second kappa shape index (κ2) is 5.90. The van der Waals surface area contributed by atoms with Gasteiger partial charge in [-0.3, -0.25) is 0 Å². The van der Waals surface area contributed by atoms with Gasteiger partial charge >= 0.3 is 0 Å². The Hall–Kier alpha value is -3.20. The molecule has 0 saturated carbocycles. The molecule has 5 rings (SSSR count). The van der Waals surface area contributed by atoms with Crippen LogP contribution >= 0.6 is 0 Å². The number of fused-ring (bicyclic) bond motifs is 3. The Morgan fingerprint density at radius 1 is 0.750 bits per heavy atom. The molecule has 3 aromatic carbocycles. The number of benzene rings is 3. The Kier molecular flexibility index (Phi) is 3.57. The lowest BCUT2D eigenvalue weighted by molar-refractivity contribution is 0.253. The van der Waals surface area contributed by atoms with Gasteiger partial charge in [-0.1, -0.05) is 36.4 Å². The van der Waals surface area contributed by atoms with E-state index in [9.17, 15) is 0 Å². The van der Waals surface area contributed by atoms with E-state index in [1.54, 1.807) is 0 Å². The van der Waals surface area contributed by atoms with Crippen molar-refractivity contribution in [2.75, 3.05) is 11.9 Å². The van der Waals surface area contributed by atoms with Gasteiger partial charge in [0.1, 0.15) is 5.66 Å². The molecule has 28 heavy (non-hydrogen) atoms. The average molecular weight is 367 g/mol. The lowest BCUT2D eigenvalue weighted by atomic mass is 10.1. The molecule has 140 valence electrons. The Morgan fingerprint density at radius 2 is 1.46 bits per heavy atom. The van der Waals surface area contributed by atoms with E-state index in [1.807, 2.05) is 0 Å². The number of anilines is 1. The maximum atomic E-state index is 2.37. The van der Waals surface area contributed by atoms with Crippen LogP contribution in [0.4, 0.5) is 5.69 Å². The first kappa shape index (κ1) is 16.9. The van der Waals surface area contributed by atoms with E-state index in [0.29, 0.717) is 0 Å². The minimum atomic E-state index is -0.0871. The molecule has 0 radical (unpaired) electrons. The van der Waals surface area contributed by atoms with E-state index in [-0.39, 0.29) is 5.66 Å². The molecule has 0 amide bonds. The molecule has 3 heteroatoms. The highest BCUT2D eigenvalue weighted by Crippen LogP contribution is 2.39. The summed E-state index contributed by atoms with van der Waals surface area (Å²) in [7, 11) is 2.13. The van der Waals surface area contributed by atoms with E-state index in [2.05, 4.69) is 121 Å². The van der Waals surface area contributed by atoms with Crippen molar-refractivity contribution in [2.24, 2.45) is 0 Å². The molecule has 3 nitrogen and oxygen atoms in total. The molecular weight excluding hydrogens is 342 g/mol. The monoisotopic (exact) mass is 367 g/mol. The molecule has 0 atom stereocenters. The summed E-state index contributed by atoms with van der Waals surface area (Å²) in [6.45, 7) is 6.72. The molecule has 1 aliphatic heterocycles. The van der Waals surface area contributed by atoms with Crippen LogP contribution in [0.15, 0.2) is 79.1 Å². The summed E-state index contributed by atoms with van der Waals surface area (Å²) in [5.74, 6) is 0. The summed E-state index contributed by atoms with van der Waals surface area (Å²) in [6, 6.07) is 24.0. The van der Waals surface area contributed by atoms with Crippen molar-refractivity contribution in [2.45, 2.75) is 26.4 Å². The van der Waals surface area contributed by atoms with E-state index in [1.165, 1.54) is 38.7 Å². The van der Waals surface area contributed by atoms with Crippen LogP contribution in [0.3, 0.4) is 0 Å². The van der Waals surface area contributed by atoms with Crippen molar-refractivity contribution < 1.29 is 0 Å². The van der Waals surface area contributed by atoms with Crippen molar-refractivity contribution in [3.63, 3.8) is 0 Å². The first-order valence-corrected chi connectivity index (χ1v) is 9.78. The van der Waals surface area contributed by atoms with Crippen LogP contribution in [0.1, 0.15) is 19.4 Å². The lowest BCUT2D eigenvalue weighted by Crippen LogP contribution is -2.46. The second-order valence-corrected chi connectivity index (χ2v) is 8.12. The zero-order valence-electron chi connectivity index (χ0n) is 16.8. The number of rotatable bonds is 2. The van der Waals surface area contributed by atoms with Gasteiger partial charge in [0.05, 0.1) is 11.0 Å². The fraction of sp³-hybridized carbons (Fsp3) is 0.200. The fourth-order valence-corrected chi connectivity index (χ4v) is 4.30. The SMILES string of the molecule is Cc1cc2c(cc1N1C=CN(C)C1(C)C)c1ccccc1n2-c1ccccc1. The first-order chi connectivity index (χ1) is 13.5. The van der Waals surface area contributed by atoms with Crippen molar-refractivity contribution >= 4 is 27.5 Å². The van der Waals surface area contributed by atoms with E-state index >= 15 is 0 Å². The van der Waals surface area contributed by atoms with Crippen LogP contribution < -0.4 is 4.90 Å². The number of nitrogens with zero attached hydrogens (tertiary/aromatic N) is 3. The molecule has 0 unspecified atom stereocenters. The van der Waals surface area contributed by atoms with Gasteiger partial charge in [-0.2, -0.15) is 0 Å². The predicted octanol–water partition coefficient (Wildman–Crippen LogP) is 6.05. The van der Waals surface area contributed by atoms with Crippen molar-refractivity contribution in [1.82, 2.24) is 9.47 Å². The summed E-state index contributed by atoms with van der Waals surface area (Å²) in [6.07, 6.45) is 4.33. The average Bonchev–Trinajstić information content (AvgIpc) is 3.15. The third-order valence-electron chi connectivity index (χ3n) is 6.16. The van der Waals surface area contributed by atoms with Crippen LogP contribution in [0.25, 0.3) is 27.5 Å². The molecular formula is C25H25N3. The molecule has 0 bridgehead atoms. The zero-order valence-corrected chi connectivity index (χ0v) is 16.8. The van der Waals surface area contributed by atoms with Gasteiger partial charge in [0.2, 0.25) is 0 Å². The standard InChI is InChI=1S/C25H25N3/c1-18-16-24-21(17-23(18)27-15-14-26(4)25(27,2)3)20-12-8-9-13-22(20)28(24)19-10-6-5-7-11-19/h5-17H,1-4H3. The van der Waals surface area contributed by atoms with Crippen molar-refractivity contribution in [3.05, 3.63) is 84.7 Å². The fourth-order valence-electron chi connectivity index (χ4n) is 4.30. The third kappa shape index (κ3) is 2.29. The highest BCUT2D eigenvalue weighted by Gasteiger charge is 2.34. The number of aryl methyl sites for hydroxylation is 1. The Labute approximate surface area is 166 Å². The van der Waals surface area contributed by atoms with Crippen LogP contribution in [0.2, 0.25) is 0 Å². The molecule has 2 heterocycles. The molecule has 4 aromatic rings. The lowest BCUT2D eigenvalue weighted by Gasteiger charge is -2.39. The Morgan fingerprint density at radius 3 is 2.18 bits per heavy atom. The maximum Gasteiger partial charge on any atom is 0.110 e. The Bertz CT molecular complexity index is 1210. The van der Waals surface area contributed by atoms with Gasteiger partial charge in [-0.05, 0) is 56.7 Å². The van der Waals surface area contributed by atoms with Gasteiger partial charge in [-0.15, -0.1) is 0 Å². The molecule has 0 aliphatic carbocycles. The minimum absolute atomic E-state index is 0.0871. The van der Waals surface area contributed by atoms with E-state index in [0.717, 1.165) is 0 Å². The maximum absolute atomic E-state index is 2.37. The van der Waals surface area contributed by atoms with Gasteiger partial charge in [0.25, 0.3) is 0 Å². The van der Waals surface area contributed by atoms with Crippen molar-refractivity contribution in [3.8, 4) is 5.69 Å². The summed E-state index contributed by atoms with van der Waals surface area (Å²) < 4.78 is 2.37. The largest absolute Gasteiger partial charge is 0.357 e.